The summed E-state index contributed by atoms with van der Waals surface area (Å²) in [6.45, 7) is 0. The fraction of sp³-hybridized carbons (Fsp3) is 0.273. The third kappa shape index (κ3) is 2.85. The van der Waals surface area contributed by atoms with Crippen LogP contribution < -0.4 is 4.74 Å². The molecule has 0 fully saturated rings. The molecule has 1 atom stereocenters. The largest absolute Gasteiger partial charge is 0.497 e. The van der Waals surface area contributed by atoms with Crippen molar-refractivity contribution in [3.63, 3.8) is 0 Å². The van der Waals surface area contributed by atoms with Gasteiger partial charge in [-0.3, -0.25) is 0 Å². The lowest BCUT2D eigenvalue weighted by molar-refractivity contribution is 0.181. The summed E-state index contributed by atoms with van der Waals surface area (Å²) in [5.74, 6) is 0.738. The van der Waals surface area contributed by atoms with Gasteiger partial charge in [-0.1, -0.05) is 18.2 Å². The van der Waals surface area contributed by atoms with Crippen molar-refractivity contribution in [2.75, 3.05) is 7.11 Å². The summed E-state index contributed by atoms with van der Waals surface area (Å²) in [6.07, 6.45) is 1.35. The summed E-state index contributed by atoms with van der Waals surface area (Å²) >= 11 is 0. The summed E-state index contributed by atoms with van der Waals surface area (Å²) < 4.78 is 16.7. The van der Waals surface area contributed by atoms with E-state index in [2.05, 4.69) is 0 Å². The molecule has 0 radical (unpaired) electrons. The third-order valence-corrected chi connectivity index (χ3v) is 1.95. The zero-order chi connectivity index (χ0) is 10.4. The second-order valence-electron chi connectivity index (χ2n) is 2.89. The molecular formula is C11H13FO2. The van der Waals surface area contributed by atoms with Crippen molar-refractivity contribution in [3.8, 4) is 5.75 Å². The van der Waals surface area contributed by atoms with E-state index in [0.717, 1.165) is 11.3 Å². The van der Waals surface area contributed by atoms with E-state index in [1.807, 2.05) is 0 Å². The maximum Gasteiger partial charge on any atom is 0.118 e. The molecule has 1 N–H and O–H groups in total. The molecule has 0 aliphatic rings. The average molecular weight is 196 g/mol. The lowest BCUT2D eigenvalue weighted by Crippen LogP contribution is -1.95. The van der Waals surface area contributed by atoms with Gasteiger partial charge in [-0.15, -0.1) is 0 Å². The van der Waals surface area contributed by atoms with Gasteiger partial charge < -0.3 is 9.84 Å². The predicted octanol–water partition coefficient (Wildman–Crippen LogP) is 2.60. The van der Waals surface area contributed by atoms with Gasteiger partial charge in [-0.25, -0.2) is 4.39 Å². The normalized spacial score (nSPS) is 13.1. The second-order valence-corrected chi connectivity index (χ2v) is 2.89. The molecule has 0 heterocycles. The van der Waals surface area contributed by atoms with E-state index >= 15 is 0 Å². The van der Waals surface area contributed by atoms with Crippen LogP contribution in [-0.4, -0.2) is 12.2 Å². The minimum atomic E-state index is -0.659. The molecule has 0 amide bonds. The van der Waals surface area contributed by atoms with Gasteiger partial charge in [0.1, 0.15) is 5.75 Å². The van der Waals surface area contributed by atoms with E-state index in [-0.39, 0.29) is 6.42 Å². The first-order chi connectivity index (χ1) is 6.77. The van der Waals surface area contributed by atoms with Crippen molar-refractivity contribution in [2.24, 2.45) is 0 Å². The van der Waals surface area contributed by atoms with Crippen LogP contribution in [0.2, 0.25) is 0 Å². The van der Waals surface area contributed by atoms with Gasteiger partial charge in [-0.2, -0.15) is 0 Å². The molecule has 0 aliphatic carbocycles. The van der Waals surface area contributed by atoms with Crippen LogP contribution in [-0.2, 0) is 0 Å². The number of aliphatic hydroxyl groups excluding tert-OH is 1. The number of aliphatic hydroxyl groups is 1. The average Bonchev–Trinajstić information content (AvgIpc) is 2.26. The lowest BCUT2D eigenvalue weighted by atomic mass is 10.1. The van der Waals surface area contributed by atoms with E-state index in [4.69, 9.17) is 4.74 Å². The molecule has 2 nitrogen and oxygen atoms in total. The number of ether oxygens (including phenoxy) is 1. The maximum atomic E-state index is 11.7. The van der Waals surface area contributed by atoms with Gasteiger partial charge in [0.2, 0.25) is 0 Å². The number of hydrogen-bond donors (Lipinski definition) is 1. The highest BCUT2D eigenvalue weighted by molar-refractivity contribution is 5.28. The van der Waals surface area contributed by atoms with Crippen LogP contribution in [0, 0.1) is 0 Å². The van der Waals surface area contributed by atoms with Gasteiger partial charge in [-0.05, 0) is 24.1 Å². The van der Waals surface area contributed by atoms with Crippen molar-refractivity contribution >= 4 is 0 Å². The quantitative estimate of drug-likeness (QED) is 0.802. The van der Waals surface area contributed by atoms with E-state index in [1.165, 1.54) is 6.08 Å². The number of rotatable bonds is 4. The summed E-state index contributed by atoms with van der Waals surface area (Å²) in [5.41, 5.74) is 0.754. The zero-order valence-electron chi connectivity index (χ0n) is 7.98. The highest BCUT2D eigenvalue weighted by Gasteiger charge is 2.04. The Morgan fingerprint density at radius 2 is 2.07 bits per heavy atom. The summed E-state index contributed by atoms with van der Waals surface area (Å²) in [5, 5.41) is 9.56. The molecular weight excluding hydrogens is 183 g/mol. The van der Waals surface area contributed by atoms with Crippen LogP contribution in [0.3, 0.4) is 0 Å². The monoisotopic (exact) mass is 196 g/mol. The minimum Gasteiger partial charge on any atom is -0.497 e. The Morgan fingerprint density at radius 1 is 1.43 bits per heavy atom. The highest BCUT2D eigenvalue weighted by Crippen LogP contribution is 2.20. The molecule has 0 unspecified atom stereocenters. The van der Waals surface area contributed by atoms with Crippen molar-refractivity contribution < 1.29 is 14.2 Å². The number of hydrogen-bond acceptors (Lipinski definition) is 2. The van der Waals surface area contributed by atoms with E-state index in [9.17, 15) is 9.50 Å². The van der Waals surface area contributed by atoms with Crippen molar-refractivity contribution in [1.82, 2.24) is 0 Å². The number of methoxy groups -OCH3 is 1. The first-order valence-electron chi connectivity index (χ1n) is 4.35. The van der Waals surface area contributed by atoms with Crippen LogP contribution in [0.4, 0.5) is 4.39 Å². The Labute approximate surface area is 82.6 Å². The van der Waals surface area contributed by atoms with Gasteiger partial charge >= 0.3 is 0 Å². The topological polar surface area (TPSA) is 29.5 Å². The standard InChI is InChI=1S/C11H13FO2/c1-14-10-6-4-9(5-7-10)11(13)3-2-8-12/h2,4-8,11,13H,3H2,1H3/b8-2+/t11-/m0/s1. The molecule has 76 valence electrons. The Hall–Kier alpha value is -1.35. The van der Waals surface area contributed by atoms with Crippen molar-refractivity contribution in [3.05, 3.63) is 42.2 Å². The van der Waals surface area contributed by atoms with Crippen molar-refractivity contribution in [2.45, 2.75) is 12.5 Å². The summed E-state index contributed by atoms with van der Waals surface area (Å²) in [6, 6.07) is 7.04. The fourth-order valence-corrected chi connectivity index (χ4v) is 1.14. The molecule has 0 bridgehead atoms. The number of halogens is 1. The summed E-state index contributed by atoms with van der Waals surface area (Å²) in [4.78, 5) is 0. The van der Waals surface area contributed by atoms with Crippen LogP contribution in [0.15, 0.2) is 36.7 Å². The van der Waals surface area contributed by atoms with Crippen molar-refractivity contribution in [1.29, 1.82) is 0 Å². The predicted molar refractivity (Wildman–Crippen MR) is 52.8 cm³/mol. The zero-order valence-corrected chi connectivity index (χ0v) is 7.98. The Kier molecular flexibility index (Phi) is 4.13. The minimum absolute atomic E-state index is 0.281. The molecule has 1 rings (SSSR count). The first-order valence-corrected chi connectivity index (χ1v) is 4.35. The second kappa shape index (κ2) is 5.40. The molecule has 0 saturated heterocycles. The Balaban J connectivity index is 2.66. The van der Waals surface area contributed by atoms with Gasteiger partial charge in [0, 0.05) is 0 Å². The molecule has 14 heavy (non-hydrogen) atoms. The summed E-state index contributed by atoms with van der Waals surface area (Å²) in [7, 11) is 1.58. The number of benzene rings is 1. The van der Waals surface area contributed by atoms with Gasteiger partial charge in [0.15, 0.2) is 0 Å². The molecule has 3 heteroatoms. The molecule has 0 aliphatic heterocycles. The Bertz CT molecular complexity index is 293. The fourth-order valence-electron chi connectivity index (χ4n) is 1.14. The Morgan fingerprint density at radius 3 is 2.57 bits per heavy atom. The van der Waals surface area contributed by atoms with E-state index in [0.29, 0.717) is 6.33 Å². The first kappa shape index (κ1) is 10.7. The van der Waals surface area contributed by atoms with Gasteiger partial charge in [0.05, 0.1) is 19.5 Å². The highest BCUT2D eigenvalue weighted by atomic mass is 19.1. The van der Waals surface area contributed by atoms with Crippen LogP contribution in [0.1, 0.15) is 18.1 Å². The molecule has 0 aromatic heterocycles. The van der Waals surface area contributed by atoms with Gasteiger partial charge in [0.25, 0.3) is 0 Å². The molecule has 0 spiro atoms. The smallest absolute Gasteiger partial charge is 0.118 e. The van der Waals surface area contributed by atoms with E-state index < -0.39 is 6.10 Å². The SMILES string of the molecule is COc1ccc([C@@H](O)C/C=C/F)cc1. The molecule has 1 aromatic carbocycles. The maximum absolute atomic E-state index is 11.7. The van der Waals surface area contributed by atoms with Crippen LogP contribution in [0.5, 0.6) is 5.75 Å². The lowest BCUT2D eigenvalue weighted by Gasteiger charge is -2.08. The van der Waals surface area contributed by atoms with E-state index in [1.54, 1.807) is 31.4 Å². The molecule has 0 saturated carbocycles. The van der Waals surface area contributed by atoms with Crippen LogP contribution in [0.25, 0.3) is 0 Å². The molecule has 1 aromatic rings. The van der Waals surface area contributed by atoms with Crippen LogP contribution >= 0.6 is 0 Å². The third-order valence-electron chi connectivity index (χ3n) is 1.95.